The first kappa shape index (κ1) is 19.7. The van der Waals surface area contributed by atoms with E-state index in [-0.39, 0.29) is 17.5 Å². The predicted molar refractivity (Wildman–Crippen MR) is 110 cm³/mol. The van der Waals surface area contributed by atoms with Crippen LogP contribution in [0.3, 0.4) is 0 Å². The van der Waals surface area contributed by atoms with Gasteiger partial charge in [0.05, 0.1) is 23.8 Å². The summed E-state index contributed by atoms with van der Waals surface area (Å²) in [4.78, 5) is 33.9. The van der Waals surface area contributed by atoms with Crippen LogP contribution >= 0.6 is 11.6 Å². The number of hydrogen-bond acceptors (Lipinski definition) is 6. The molecule has 0 bridgehead atoms. The maximum atomic E-state index is 12.6. The van der Waals surface area contributed by atoms with Gasteiger partial charge in [-0.15, -0.1) is 5.06 Å². The number of hydrogen-bond donors (Lipinski definition) is 0. The van der Waals surface area contributed by atoms with Crippen LogP contribution in [0, 0.1) is 0 Å². The minimum Gasteiger partial charge on any atom is -0.406 e. The monoisotopic (exact) mass is 417 g/mol. The van der Waals surface area contributed by atoms with Crippen LogP contribution in [0.15, 0.2) is 30.5 Å². The average molecular weight is 418 g/mol. The topological polar surface area (TPSA) is 70.9 Å². The van der Waals surface area contributed by atoms with Crippen molar-refractivity contribution in [1.29, 1.82) is 0 Å². The molecule has 1 aromatic heterocycles. The number of piperazine rings is 1. The third-order valence-corrected chi connectivity index (χ3v) is 5.57. The lowest BCUT2D eigenvalue weighted by Gasteiger charge is -2.33. The zero-order valence-corrected chi connectivity index (χ0v) is 17.1. The minimum absolute atomic E-state index is 0.161. The Kier molecular flexibility index (Phi) is 5.73. The number of aromatic nitrogens is 2. The van der Waals surface area contributed by atoms with Gasteiger partial charge in [0.15, 0.2) is 5.78 Å². The van der Waals surface area contributed by atoms with Gasteiger partial charge in [-0.2, -0.15) is 9.78 Å². The normalized spacial score (nSPS) is 17.6. The molecule has 3 heterocycles. The molecule has 2 aliphatic rings. The lowest BCUT2D eigenvalue weighted by atomic mass is 10.3. The van der Waals surface area contributed by atoms with E-state index in [0.717, 1.165) is 29.5 Å². The third-order valence-electron chi connectivity index (χ3n) is 5.25. The molecule has 0 saturated carbocycles. The predicted octanol–water partition coefficient (Wildman–Crippen LogP) is 2.92. The van der Waals surface area contributed by atoms with Crippen LogP contribution in [0.1, 0.15) is 30.3 Å². The molecule has 0 spiro atoms. The minimum atomic E-state index is -0.236. The fourth-order valence-corrected chi connectivity index (χ4v) is 3.87. The maximum absolute atomic E-state index is 12.6. The van der Waals surface area contributed by atoms with Crippen molar-refractivity contribution in [2.45, 2.75) is 19.8 Å². The van der Waals surface area contributed by atoms with Gasteiger partial charge >= 0.3 is 6.03 Å². The molecule has 0 aliphatic carbocycles. The fraction of sp³-hybridized carbons (Fsp3) is 0.450. The molecule has 0 unspecified atom stereocenters. The van der Waals surface area contributed by atoms with Crippen molar-refractivity contribution in [2.75, 3.05) is 44.2 Å². The Balaban J connectivity index is 1.34. The Labute approximate surface area is 174 Å². The van der Waals surface area contributed by atoms with Crippen molar-refractivity contribution in [3.8, 4) is 5.75 Å². The van der Waals surface area contributed by atoms with E-state index in [4.69, 9.17) is 16.4 Å². The highest BCUT2D eigenvalue weighted by molar-refractivity contribution is 6.33. The number of halogens is 1. The Morgan fingerprint density at radius 1 is 1.03 bits per heavy atom. The molecule has 0 atom stereocenters. The van der Waals surface area contributed by atoms with Crippen LogP contribution in [-0.4, -0.2) is 70.8 Å². The molecule has 4 rings (SSSR count). The molecule has 9 heteroatoms. The number of carbonyl (C=O) groups excluding carboxylic acids is 2. The maximum Gasteiger partial charge on any atom is 0.344 e. The van der Waals surface area contributed by atoms with Crippen molar-refractivity contribution in [3.05, 3.63) is 41.2 Å². The largest absolute Gasteiger partial charge is 0.406 e. The van der Waals surface area contributed by atoms with Crippen LogP contribution in [-0.2, 0) is 0 Å². The quantitative estimate of drug-likeness (QED) is 0.712. The van der Waals surface area contributed by atoms with Gasteiger partial charge in [0.1, 0.15) is 11.4 Å². The molecule has 1 aromatic carbocycles. The molecule has 1 amide bonds. The summed E-state index contributed by atoms with van der Waals surface area (Å²) in [6.07, 6.45) is 3.89. The second-order valence-corrected chi connectivity index (χ2v) is 7.71. The third kappa shape index (κ3) is 4.38. The number of nitrogens with zero attached hydrogens (tertiary/aromatic N) is 5. The molecule has 8 nitrogen and oxygen atoms in total. The molecule has 2 saturated heterocycles. The first-order valence-corrected chi connectivity index (χ1v) is 10.2. The summed E-state index contributed by atoms with van der Waals surface area (Å²) in [5.74, 6) is 0.584. The van der Waals surface area contributed by atoms with Gasteiger partial charge in [0, 0.05) is 45.4 Å². The van der Waals surface area contributed by atoms with Gasteiger partial charge in [-0.1, -0.05) is 11.6 Å². The Morgan fingerprint density at radius 2 is 1.76 bits per heavy atom. The van der Waals surface area contributed by atoms with E-state index in [2.05, 4.69) is 10.00 Å². The number of rotatable bonds is 4. The molecule has 0 radical (unpaired) electrons. The van der Waals surface area contributed by atoms with Crippen LogP contribution in [0.25, 0.3) is 0 Å². The SMILES string of the molecule is CC(=O)c1ccn(C(=O)N2CCN(Oc3ccc(Cl)c(N4CCCC4)c3)CC2)n1. The second-order valence-electron chi connectivity index (χ2n) is 7.30. The second kappa shape index (κ2) is 8.42. The summed E-state index contributed by atoms with van der Waals surface area (Å²) in [5.41, 5.74) is 1.30. The molecule has 2 fully saturated rings. The zero-order valence-electron chi connectivity index (χ0n) is 16.4. The number of anilines is 1. The van der Waals surface area contributed by atoms with E-state index in [0.29, 0.717) is 26.2 Å². The van der Waals surface area contributed by atoms with Crippen molar-refractivity contribution < 1.29 is 14.4 Å². The molecular formula is C20H24ClN5O3. The van der Waals surface area contributed by atoms with Gasteiger partial charge in [-0.3, -0.25) is 4.79 Å². The summed E-state index contributed by atoms with van der Waals surface area (Å²) in [7, 11) is 0. The van der Waals surface area contributed by atoms with E-state index in [1.165, 1.54) is 30.6 Å². The highest BCUT2D eigenvalue weighted by Crippen LogP contribution is 2.32. The Bertz CT molecular complexity index is 901. The Morgan fingerprint density at radius 3 is 2.41 bits per heavy atom. The Hall–Kier alpha value is -2.58. The van der Waals surface area contributed by atoms with Crippen LogP contribution in [0.2, 0.25) is 5.02 Å². The summed E-state index contributed by atoms with van der Waals surface area (Å²) in [6, 6.07) is 7.04. The van der Waals surface area contributed by atoms with E-state index >= 15 is 0 Å². The molecule has 2 aromatic rings. The van der Waals surface area contributed by atoms with Gasteiger partial charge in [-0.05, 0) is 31.0 Å². The first-order valence-electron chi connectivity index (χ1n) is 9.84. The van der Waals surface area contributed by atoms with Crippen molar-refractivity contribution in [2.24, 2.45) is 0 Å². The van der Waals surface area contributed by atoms with Crippen LogP contribution in [0.5, 0.6) is 5.75 Å². The van der Waals surface area contributed by atoms with Crippen molar-refractivity contribution in [1.82, 2.24) is 19.7 Å². The lowest BCUT2D eigenvalue weighted by Crippen LogP contribution is -2.50. The summed E-state index contributed by atoms with van der Waals surface area (Å²) < 4.78 is 1.22. The number of Topliss-reactive ketones (excluding diaryl/α,β-unsaturated/α-hetero) is 1. The van der Waals surface area contributed by atoms with Crippen molar-refractivity contribution >= 4 is 29.1 Å². The zero-order chi connectivity index (χ0) is 20.4. The van der Waals surface area contributed by atoms with Gasteiger partial charge in [-0.25, -0.2) is 4.79 Å². The average Bonchev–Trinajstić information content (AvgIpc) is 3.42. The van der Waals surface area contributed by atoms with E-state index in [9.17, 15) is 9.59 Å². The summed E-state index contributed by atoms with van der Waals surface area (Å²) in [6.45, 7) is 5.65. The van der Waals surface area contributed by atoms with Gasteiger partial charge < -0.3 is 14.6 Å². The van der Waals surface area contributed by atoms with Gasteiger partial charge in [0.25, 0.3) is 0 Å². The summed E-state index contributed by atoms with van der Waals surface area (Å²) in [5, 5.41) is 6.63. The number of benzene rings is 1. The standard InChI is InChI=1S/C20H24ClN5O3/c1-15(27)18-6-9-26(22-18)20(28)24-10-12-25(13-11-24)29-16-4-5-17(21)19(14-16)23-7-2-3-8-23/h4-6,9,14H,2-3,7-8,10-13H2,1H3. The first-order chi connectivity index (χ1) is 14.0. The highest BCUT2D eigenvalue weighted by Gasteiger charge is 2.25. The van der Waals surface area contributed by atoms with Crippen LogP contribution < -0.4 is 9.74 Å². The van der Waals surface area contributed by atoms with Gasteiger partial charge in [0.2, 0.25) is 0 Å². The molecule has 154 valence electrons. The number of carbonyl (C=O) groups is 2. The van der Waals surface area contributed by atoms with E-state index in [1.807, 2.05) is 23.3 Å². The molecule has 2 aliphatic heterocycles. The summed E-state index contributed by atoms with van der Waals surface area (Å²) >= 11 is 6.37. The number of hydroxylamine groups is 2. The molecular weight excluding hydrogens is 394 g/mol. The van der Waals surface area contributed by atoms with E-state index < -0.39 is 0 Å². The number of ketones is 1. The van der Waals surface area contributed by atoms with E-state index in [1.54, 1.807) is 11.0 Å². The smallest absolute Gasteiger partial charge is 0.344 e. The molecule has 29 heavy (non-hydrogen) atoms. The van der Waals surface area contributed by atoms with Crippen molar-refractivity contribution in [3.63, 3.8) is 0 Å². The van der Waals surface area contributed by atoms with Crippen LogP contribution in [0.4, 0.5) is 10.5 Å². The lowest BCUT2D eigenvalue weighted by molar-refractivity contribution is -0.0819. The fourth-order valence-electron chi connectivity index (χ4n) is 3.63. The highest BCUT2D eigenvalue weighted by atomic mass is 35.5. The molecule has 0 N–H and O–H groups in total. The number of amides is 1.